The first-order chi connectivity index (χ1) is 6.99. The number of rotatable bonds is 4. The van der Waals surface area contributed by atoms with E-state index < -0.39 is 10.0 Å². The second-order valence-corrected chi connectivity index (χ2v) is 4.51. The van der Waals surface area contributed by atoms with Gasteiger partial charge in [-0.15, -0.1) is 0 Å². The average Bonchev–Trinajstić information content (AvgIpc) is 2.17. The topological polar surface area (TPSA) is 89.3 Å². The largest absolute Gasteiger partial charge is 0.495 e. The average molecular weight is 230 g/mol. The Morgan fingerprint density at radius 1 is 1.40 bits per heavy atom. The Kier molecular flexibility index (Phi) is 3.67. The highest BCUT2D eigenvalue weighted by atomic mass is 32.2. The second-order valence-electron chi connectivity index (χ2n) is 2.98. The van der Waals surface area contributed by atoms with Crippen molar-refractivity contribution in [2.75, 3.05) is 13.7 Å². The van der Waals surface area contributed by atoms with Gasteiger partial charge in [-0.2, -0.15) is 0 Å². The number of nitrogens with two attached hydrogens (primary N) is 1. The highest BCUT2D eigenvalue weighted by Gasteiger charge is 2.15. The van der Waals surface area contributed by atoms with E-state index in [1.165, 1.54) is 19.2 Å². The minimum atomic E-state index is -3.81. The summed E-state index contributed by atoms with van der Waals surface area (Å²) in [6.07, 6.45) is 0.270. The predicted octanol–water partition coefficient (Wildman–Crippen LogP) is 0.316. The van der Waals surface area contributed by atoms with E-state index in [4.69, 9.17) is 9.88 Å². The molecule has 0 aromatic heterocycles. The first kappa shape index (κ1) is 12.0. The highest BCUT2D eigenvalue weighted by molar-refractivity contribution is 7.89. The summed E-state index contributed by atoms with van der Waals surface area (Å²) < 4.78 is 27.2. The quantitative estimate of drug-likeness (QED) is 0.807. The maximum Gasteiger partial charge on any atom is 0.241 e. The van der Waals surface area contributed by atoms with Gasteiger partial charge in [0.05, 0.1) is 13.7 Å². The van der Waals surface area contributed by atoms with Crippen molar-refractivity contribution in [1.82, 2.24) is 0 Å². The predicted molar refractivity (Wildman–Crippen MR) is 53.6 cm³/mol. The van der Waals surface area contributed by atoms with Gasteiger partial charge >= 0.3 is 0 Å². The number of methoxy groups -OCH3 is 1. The van der Waals surface area contributed by atoms with Crippen LogP contribution in [0.5, 0.6) is 5.75 Å². The summed E-state index contributed by atoms with van der Waals surface area (Å²) in [4.78, 5) is -0.0871. The van der Waals surface area contributed by atoms with E-state index in [1.807, 2.05) is 0 Å². The number of sulfonamides is 1. The zero-order valence-corrected chi connectivity index (χ0v) is 9.08. The SMILES string of the molecule is COc1ccc(CC[O])cc1S(N)(=O)=O. The molecule has 5 nitrogen and oxygen atoms in total. The van der Waals surface area contributed by atoms with Crippen LogP contribution in [0.3, 0.4) is 0 Å². The fourth-order valence-corrected chi connectivity index (χ4v) is 1.96. The van der Waals surface area contributed by atoms with Crippen LogP contribution in [0, 0.1) is 0 Å². The summed E-state index contributed by atoms with van der Waals surface area (Å²) in [7, 11) is -2.46. The monoisotopic (exact) mass is 230 g/mol. The number of hydrogen-bond donors (Lipinski definition) is 1. The lowest BCUT2D eigenvalue weighted by atomic mass is 10.1. The molecule has 6 heteroatoms. The molecule has 0 amide bonds. The second kappa shape index (κ2) is 4.61. The molecule has 1 rings (SSSR count). The molecule has 0 aliphatic rings. The van der Waals surface area contributed by atoms with Gasteiger partial charge in [0, 0.05) is 0 Å². The molecule has 0 saturated heterocycles. The van der Waals surface area contributed by atoms with Crippen LogP contribution in [0.15, 0.2) is 23.1 Å². The molecule has 2 N–H and O–H groups in total. The molecule has 0 aliphatic carbocycles. The van der Waals surface area contributed by atoms with Crippen molar-refractivity contribution in [3.8, 4) is 5.75 Å². The van der Waals surface area contributed by atoms with Crippen LogP contribution in [0.4, 0.5) is 0 Å². The molecule has 15 heavy (non-hydrogen) atoms. The molecule has 0 spiro atoms. The first-order valence-corrected chi connectivity index (χ1v) is 5.81. The molecule has 83 valence electrons. The van der Waals surface area contributed by atoms with Gasteiger partial charge in [-0.3, -0.25) is 0 Å². The fourth-order valence-electron chi connectivity index (χ4n) is 1.22. The van der Waals surface area contributed by atoms with Crippen molar-refractivity contribution in [3.05, 3.63) is 23.8 Å². The number of ether oxygens (including phenoxy) is 1. The molecule has 1 aromatic carbocycles. The summed E-state index contributed by atoms with van der Waals surface area (Å²) in [5.41, 5.74) is 0.634. The minimum Gasteiger partial charge on any atom is -0.495 e. The number of benzene rings is 1. The Hall–Kier alpha value is -1.11. The van der Waals surface area contributed by atoms with E-state index in [0.29, 0.717) is 5.56 Å². The van der Waals surface area contributed by atoms with Gasteiger partial charge in [-0.05, 0) is 24.1 Å². The van der Waals surface area contributed by atoms with Gasteiger partial charge in [0.2, 0.25) is 10.0 Å². The van der Waals surface area contributed by atoms with E-state index in [0.717, 1.165) is 0 Å². The molecule has 0 fully saturated rings. The molecule has 0 bridgehead atoms. The molecule has 0 unspecified atom stereocenters. The normalized spacial score (nSPS) is 11.4. The molecular weight excluding hydrogens is 218 g/mol. The maximum atomic E-state index is 11.2. The highest BCUT2D eigenvalue weighted by Crippen LogP contribution is 2.23. The van der Waals surface area contributed by atoms with Gasteiger partial charge in [0.15, 0.2) is 0 Å². The van der Waals surface area contributed by atoms with Gasteiger partial charge in [0.25, 0.3) is 0 Å². The lowest BCUT2D eigenvalue weighted by molar-refractivity contribution is 0.197. The van der Waals surface area contributed by atoms with Crippen LogP contribution >= 0.6 is 0 Å². The van der Waals surface area contributed by atoms with Gasteiger partial charge in [0.1, 0.15) is 10.6 Å². The van der Waals surface area contributed by atoms with Crippen molar-refractivity contribution < 1.29 is 18.3 Å². The first-order valence-electron chi connectivity index (χ1n) is 4.27. The van der Waals surface area contributed by atoms with Crippen LogP contribution in [0.1, 0.15) is 5.56 Å². The third-order valence-corrected chi connectivity index (χ3v) is 2.86. The van der Waals surface area contributed by atoms with Crippen molar-refractivity contribution in [2.24, 2.45) is 5.14 Å². The fraction of sp³-hybridized carbons (Fsp3) is 0.333. The van der Waals surface area contributed by atoms with Crippen molar-refractivity contribution >= 4 is 10.0 Å². The lowest BCUT2D eigenvalue weighted by Gasteiger charge is -2.08. The van der Waals surface area contributed by atoms with Crippen LogP contribution in [0.25, 0.3) is 0 Å². The minimum absolute atomic E-state index is 0.0871. The number of hydrogen-bond acceptors (Lipinski definition) is 3. The molecular formula is C9H12NO4S. The molecule has 0 aliphatic heterocycles. The Bertz CT molecular complexity index is 441. The maximum absolute atomic E-state index is 11.2. The van der Waals surface area contributed by atoms with Crippen LogP contribution < -0.4 is 9.88 Å². The van der Waals surface area contributed by atoms with Crippen LogP contribution in [0.2, 0.25) is 0 Å². The Morgan fingerprint density at radius 3 is 2.53 bits per heavy atom. The van der Waals surface area contributed by atoms with E-state index in [-0.39, 0.29) is 23.7 Å². The molecule has 1 aromatic rings. The summed E-state index contributed by atoms with van der Waals surface area (Å²) in [5, 5.41) is 15.4. The Morgan fingerprint density at radius 2 is 2.07 bits per heavy atom. The van der Waals surface area contributed by atoms with Crippen molar-refractivity contribution in [2.45, 2.75) is 11.3 Å². The zero-order valence-electron chi connectivity index (χ0n) is 8.26. The van der Waals surface area contributed by atoms with Gasteiger partial charge in [-0.1, -0.05) is 6.07 Å². The lowest BCUT2D eigenvalue weighted by Crippen LogP contribution is -2.14. The standard InChI is InChI=1S/C9H12NO4S/c1-14-8-3-2-7(4-5-11)6-9(8)15(10,12)13/h2-3,6H,4-5H2,1H3,(H2,10,12,13). The van der Waals surface area contributed by atoms with Crippen molar-refractivity contribution in [1.29, 1.82) is 0 Å². The molecule has 0 heterocycles. The zero-order chi connectivity index (χ0) is 11.5. The van der Waals surface area contributed by atoms with Crippen LogP contribution in [-0.2, 0) is 21.6 Å². The molecule has 1 radical (unpaired) electrons. The Balaban J connectivity index is 3.26. The van der Waals surface area contributed by atoms with Crippen molar-refractivity contribution in [3.63, 3.8) is 0 Å². The van der Waals surface area contributed by atoms with E-state index in [1.54, 1.807) is 6.07 Å². The summed E-state index contributed by atoms with van der Waals surface area (Å²) in [5.74, 6) is 0.187. The van der Waals surface area contributed by atoms with Gasteiger partial charge < -0.3 is 4.74 Å². The van der Waals surface area contributed by atoms with Crippen LogP contribution in [-0.4, -0.2) is 22.1 Å². The number of primary sulfonamides is 1. The molecule has 0 saturated carbocycles. The third kappa shape index (κ3) is 2.92. The van der Waals surface area contributed by atoms with E-state index in [2.05, 4.69) is 0 Å². The summed E-state index contributed by atoms with van der Waals surface area (Å²) >= 11 is 0. The summed E-state index contributed by atoms with van der Waals surface area (Å²) in [6.45, 7) is -0.295. The smallest absolute Gasteiger partial charge is 0.241 e. The third-order valence-electron chi connectivity index (χ3n) is 1.93. The summed E-state index contributed by atoms with van der Waals surface area (Å²) in [6, 6.07) is 4.50. The Labute approximate surface area is 88.5 Å². The van der Waals surface area contributed by atoms with E-state index in [9.17, 15) is 13.5 Å². The van der Waals surface area contributed by atoms with Gasteiger partial charge in [-0.25, -0.2) is 18.7 Å². The molecule has 0 atom stereocenters. The van der Waals surface area contributed by atoms with E-state index >= 15 is 0 Å².